The zero-order chi connectivity index (χ0) is 15.1. The molecular weight excluding hydrogens is 262 g/mol. The van der Waals surface area contributed by atoms with E-state index in [4.69, 9.17) is 5.11 Å². The molecule has 0 bridgehead atoms. The average Bonchev–Trinajstić information content (AvgIpc) is 2.40. The van der Waals surface area contributed by atoms with Crippen molar-refractivity contribution >= 4 is 23.9 Å². The van der Waals surface area contributed by atoms with E-state index in [1.807, 2.05) is 0 Å². The number of carboxylic acids is 1. The smallest absolute Gasteiger partial charge is 0.327 e. The van der Waals surface area contributed by atoms with E-state index in [0.29, 0.717) is 12.7 Å². The van der Waals surface area contributed by atoms with E-state index in [1.54, 1.807) is 0 Å². The molecule has 20 heavy (non-hydrogen) atoms. The molecule has 1 heterocycles. The van der Waals surface area contributed by atoms with E-state index in [1.165, 1.54) is 0 Å². The Hall–Kier alpha value is -1.72. The van der Waals surface area contributed by atoms with Crippen molar-refractivity contribution in [2.45, 2.75) is 51.5 Å². The van der Waals surface area contributed by atoms with Gasteiger partial charge in [-0.05, 0) is 6.42 Å². The summed E-state index contributed by atoms with van der Waals surface area (Å²) in [7, 11) is 0. The number of carbonyl (C=O) groups excluding carboxylic acids is 3. The van der Waals surface area contributed by atoms with Crippen LogP contribution in [0.5, 0.6) is 0 Å². The summed E-state index contributed by atoms with van der Waals surface area (Å²) in [5.41, 5.74) is 0. The Bertz CT molecular complexity index is 393. The number of β-lactam (4-membered cyclic amide) rings is 1. The van der Waals surface area contributed by atoms with Crippen molar-refractivity contribution in [1.29, 1.82) is 0 Å². The van der Waals surface area contributed by atoms with Crippen molar-refractivity contribution in [3.8, 4) is 0 Å². The number of Topliss-reactive ketones (excluding diaryl/α,β-unsaturated/α-hetero) is 1. The molecule has 3 atom stereocenters. The number of aldehydes is 1. The average molecular weight is 283 g/mol. The van der Waals surface area contributed by atoms with Crippen LogP contribution in [0.1, 0.15) is 45.4 Å². The van der Waals surface area contributed by atoms with Gasteiger partial charge in [-0.15, -0.1) is 0 Å². The summed E-state index contributed by atoms with van der Waals surface area (Å²) in [5.74, 6) is -4.25. The molecular formula is C14H21NO5. The molecule has 0 aromatic rings. The summed E-state index contributed by atoms with van der Waals surface area (Å²) < 4.78 is 0. The van der Waals surface area contributed by atoms with Gasteiger partial charge in [0.1, 0.15) is 18.1 Å². The second-order valence-corrected chi connectivity index (χ2v) is 5.14. The summed E-state index contributed by atoms with van der Waals surface area (Å²) in [6, 6.07) is -1.12. The number of hydrogen-bond donors (Lipinski definition) is 2. The van der Waals surface area contributed by atoms with Crippen molar-refractivity contribution in [1.82, 2.24) is 5.32 Å². The van der Waals surface area contributed by atoms with Gasteiger partial charge in [-0.25, -0.2) is 4.79 Å². The highest BCUT2D eigenvalue weighted by atomic mass is 16.4. The molecule has 0 aromatic carbocycles. The first-order valence-electron chi connectivity index (χ1n) is 7.04. The van der Waals surface area contributed by atoms with E-state index in [9.17, 15) is 19.2 Å². The predicted molar refractivity (Wildman–Crippen MR) is 71.0 cm³/mol. The van der Waals surface area contributed by atoms with Crippen LogP contribution in [0.3, 0.4) is 0 Å². The van der Waals surface area contributed by atoms with Gasteiger partial charge < -0.3 is 15.2 Å². The molecule has 1 aliphatic heterocycles. The van der Waals surface area contributed by atoms with Crippen LogP contribution in [0.4, 0.5) is 0 Å². The van der Waals surface area contributed by atoms with Crippen LogP contribution in [-0.2, 0) is 19.2 Å². The highest BCUT2D eigenvalue weighted by Crippen LogP contribution is 2.25. The van der Waals surface area contributed by atoms with Crippen molar-refractivity contribution < 1.29 is 24.3 Å². The molecule has 0 aliphatic carbocycles. The molecule has 0 radical (unpaired) electrons. The fourth-order valence-electron chi connectivity index (χ4n) is 2.41. The topological polar surface area (TPSA) is 101 Å². The highest BCUT2D eigenvalue weighted by Gasteiger charge is 2.50. The molecule has 1 rings (SSSR count). The van der Waals surface area contributed by atoms with E-state index >= 15 is 0 Å². The third kappa shape index (κ3) is 3.88. The zero-order valence-corrected chi connectivity index (χ0v) is 11.6. The molecule has 6 heteroatoms. The molecule has 6 nitrogen and oxygen atoms in total. The molecule has 0 aromatic heterocycles. The number of carboxylic acid groups (broad SMARTS) is 1. The Morgan fingerprint density at radius 2 is 1.95 bits per heavy atom. The van der Waals surface area contributed by atoms with E-state index in [0.717, 1.165) is 25.7 Å². The number of hydrogen-bond acceptors (Lipinski definition) is 4. The minimum atomic E-state index is -1.21. The third-order valence-electron chi connectivity index (χ3n) is 3.66. The summed E-state index contributed by atoms with van der Waals surface area (Å²) in [4.78, 5) is 45.2. The zero-order valence-electron chi connectivity index (χ0n) is 11.6. The van der Waals surface area contributed by atoms with E-state index < -0.39 is 29.8 Å². The van der Waals surface area contributed by atoms with Gasteiger partial charge in [-0.1, -0.05) is 32.6 Å². The van der Waals surface area contributed by atoms with Gasteiger partial charge in [-0.2, -0.15) is 0 Å². The number of rotatable bonds is 10. The quantitative estimate of drug-likeness (QED) is 0.269. The van der Waals surface area contributed by atoms with Crippen LogP contribution in [0.15, 0.2) is 0 Å². The predicted octanol–water partition coefficient (Wildman–Crippen LogP) is 0.930. The Kier molecular flexibility index (Phi) is 6.35. The van der Waals surface area contributed by atoms with Gasteiger partial charge in [0.05, 0.1) is 11.8 Å². The number of nitrogens with one attached hydrogen (secondary N) is 1. The first-order valence-corrected chi connectivity index (χ1v) is 7.04. The number of aliphatic carboxylic acids is 1. The number of amides is 1. The van der Waals surface area contributed by atoms with Gasteiger partial charge in [0, 0.05) is 6.42 Å². The summed E-state index contributed by atoms with van der Waals surface area (Å²) in [5, 5.41) is 11.1. The first-order chi connectivity index (χ1) is 9.52. The molecule has 0 spiro atoms. The van der Waals surface area contributed by atoms with Crippen LogP contribution in [0.25, 0.3) is 0 Å². The Morgan fingerprint density at radius 3 is 2.45 bits per heavy atom. The molecule has 0 saturated carbocycles. The lowest BCUT2D eigenvalue weighted by molar-refractivity contribution is -0.157. The SMILES string of the molecule is CCCCCCCC(=O)C(C=O)C1C(=O)NC1C(=O)O. The first kappa shape index (κ1) is 16.3. The fourth-order valence-corrected chi connectivity index (χ4v) is 2.41. The summed E-state index contributed by atoms with van der Waals surface area (Å²) >= 11 is 0. The second-order valence-electron chi connectivity index (χ2n) is 5.14. The number of unbranched alkanes of at least 4 members (excludes halogenated alkanes) is 4. The largest absolute Gasteiger partial charge is 0.480 e. The lowest BCUT2D eigenvalue weighted by Crippen LogP contribution is -2.65. The molecule has 2 N–H and O–H groups in total. The molecule has 1 saturated heterocycles. The Balaban J connectivity index is 2.48. The van der Waals surface area contributed by atoms with Gasteiger partial charge >= 0.3 is 5.97 Å². The second kappa shape index (κ2) is 7.77. The maximum Gasteiger partial charge on any atom is 0.327 e. The maximum atomic E-state index is 12.0. The van der Waals surface area contributed by atoms with Gasteiger partial charge in [0.25, 0.3) is 0 Å². The van der Waals surface area contributed by atoms with Crippen molar-refractivity contribution in [2.75, 3.05) is 0 Å². The molecule has 1 fully saturated rings. The Morgan fingerprint density at radius 1 is 1.30 bits per heavy atom. The van der Waals surface area contributed by atoms with Crippen molar-refractivity contribution in [2.24, 2.45) is 11.8 Å². The minimum absolute atomic E-state index is 0.225. The Labute approximate surface area is 117 Å². The lowest BCUT2D eigenvalue weighted by Gasteiger charge is -2.36. The standard InChI is InChI=1S/C14H21NO5/c1-2-3-4-5-6-7-10(17)9(8-16)11-12(14(19)20)15-13(11)18/h8-9,11-12H,2-7H2,1H3,(H,15,18)(H,19,20). The number of carbonyl (C=O) groups is 4. The number of ketones is 1. The van der Waals surface area contributed by atoms with Crippen LogP contribution < -0.4 is 5.32 Å². The molecule has 3 unspecified atom stereocenters. The molecule has 112 valence electrons. The summed E-state index contributed by atoms with van der Waals surface area (Å²) in [6.45, 7) is 2.09. The van der Waals surface area contributed by atoms with Gasteiger partial charge in [-0.3, -0.25) is 9.59 Å². The minimum Gasteiger partial charge on any atom is -0.480 e. The monoisotopic (exact) mass is 283 g/mol. The van der Waals surface area contributed by atoms with Crippen LogP contribution in [0, 0.1) is 11.8 Å². The van der Waals surface area contributed by atoms with Crippen molar-refractivity contribution in [3.63, 3.8) is 0 Å². The fraction of sp³-hybridized carbons (Fsp3) is 0.714. The summed E-state index contributed by atoms with van der Waals surface area (Å²) in [6.07, 6.45) is 5.47. The van der Waals surface area contributed by atoms with Crippen LogP contribution in [0.2, 0.25) is 0 Å². The van der Waals surface area contributed by atoms with E-state index in [2.05, 4.69) is 12.2 Å². The van der Waals surface area contributed by atoms with E-state index in [-0.39, 0.29) is 12.2 Å². The van der Waals surface area contributed by atoms with Gasteiger partial charge in [0.2, 0.25) is 5.91 Å². The normalized spacial score (nSPS) is 22.6. The lowest BCUT2D eigenvalue weighted by atomic mass is 9.77. The maximum absolute atomic E-state index is 12.0. The molecule has 1 amide bonds. The highest BCUT2D eigenvalue weighted by molar-refractivity contribution is 6.05. The third-order valence-corrected chi connectivity index (χ3v) is 3.66. The van der Waals surface area contributed by atoms with Gasteiger partial charge in [0.15, 0.2) is 0 Å². The van der Waals surface area contributed by atoms with Crippen molar-refractivity contribution in [3.05, 3.63) is 0 Å². The molecule has 1 aliphatic rings. The van der Waals surface area contributed by atoms with Crippen LogP contribution in [-0.4, -0.2) is 35.1 Å². The van der Waals surface area contributed by atoms with Crippen LogP contribution >= 0.6 is 0 Å².